The maximum atomic E-state index is 12.3. The number of nitrogens with zero attached hydrogens (tertiary/aromatic N) is 4. The Morgan fingerprint density at radius 3 is 2.43 bits per heavy atom. The second-order valence-corrected chi connectivity index (χ2v) is 6.34. The molecule has 0 aromatic rings. The number of nitrogens with two attached hydrogens (primary N) is 1. The van der Waals surface area contributed by atoms with E-state index in [4.69, 9.17) is 5.73 Å². The molecule has 1 fully saturated rings. The molecule has 28 heavy (non-hydrogen) atoms. The van der Waals surface area contributed by atoms with Gasteiger partial charge in [-0.1, -0.05) is 19.6 Å². The lowest BCUT2D eigenvalue weighted by molar-refractivity contribution is -0.126. The Morgan fingerprint density at radius 1 is 1.25 bits per heavy atom. The van der Waals surface area contributed by atoms with E-state index in [2.05, 4.69) is 21.4 Å². The summed E-state index contributed by atoms with van der Waals surface area (Å²) in [6, 6.07) is 0. The number of carbonyl (C=O) groups is 2. The molecule has 7 nitrogen and oxygen atoms in total. The lowest BCUT2D eigenvalue weighted by Crippen LogP contribution is -2.46. The Hall–Kier alpha value is -2.67. The smallest absolute Gasteiger partial charge is 0.230 e. The van der Waals surface area contributed by atoms with Crippen molar-refractivity contribution >= 4 is 18.4 Å². The fraction of sp³-hybridized carbons (Fsp3) is 0.476. The SMILES string of the molecule is C=C(C=O)/C(=C/CN1CCN(/C(C=NCC)=C/N)CC1)N(/C=C/C)C(=O)CC. The van der Waals surface area contributed by atoms with Crippen LogP contribution in [-0.2, 0) is 9.59 Å². The third kappa shape index (κ3) is 6.81. The van der Waals surface area contributed by atoms with E-state index in [-0.39, 0.29) is 5.91 Å². The molecule has 1 rings (SSSR count). The van der Waals surface area contributed by atoms with Gasteiger partial charge >= 0.3 is 0 Å². The minimum absolute atomic E-state index is 0.0786. The molecule has 0 spiro atoms. The van der Waals surface area contributed by atoms with Gasteiger partial charge in [-0.15, -0.1) is 0 Å². The fourth-order valence-corrected chi connectivity index (χ4v) is 2.88. The molecule has 1 saturated heterocycles. The van der Waals surface area contributed by atoms with Gasteiger partial charge in [-0.25, -0.2) is 0 Å². The van der Waals surface area contributed by atoms with E-state index in [0.29, 0.717) is 30.5 Å². The van der Waals surface area contributed by atoms with Gasteiger partial charge in [0.25, 0.3) is 0 Å². The maximum absolute atomic E-state index is 12.3. The monoisotopic (exact) mass is 387 g/mol. The second-order valence-electron chi connectivity index (χ2n) is 6.34. The Morgan fingerprint density at radius 2 is 1.93 bits per heavy atom. The van der Waals surface area contributed by atoms with Crippen molar-refractivity contribution in [3.05, 3.63) is 48.1 Å². The van der Waals surface area contributed by atoms with Crippen LogP contribution in [0.3, 0.4) is 0 Å². The molecule has 0 aromatic heterocycles. The number of allylic oxidation sites excluding steroid dienone is 3. The van der Waals surface area contributed by atoms with E-state index in [9.17, 15) is 9.59 Å². The number of amides is 1. The van der Waals surface area contributed by atoms with Gasteiger partial charge in [-0.3, -0.25) is 24.4 Å². The van der Waals surface area contributed by atoms with Gasteiger partial charge in [0.05, 0.1) is 11.4 Å². The Kier molecular flexibility index (Phi) is 10.6. The fourth-order valence-electron chi connectivity index (χ4n) is 2.88. The summed E-state index contributed by atoms with van der Waals surface area (Å²) in [5, 5.41) is 0. The number of hydrogen-bond donors (Lipinski definition) is 1. The van der Waals surface area contributed by atoms with E-state index >= 15 is 0 Å². The zero-order valence-corrected chi connectivity index (χ0v) is 17.3. The molecule has 0 bridgehead atoms. The van der Waals surface area contributed by atoms with Crippen LogP contribution in [0.4, 0.5) is 0 Å². The van der Waals surface area contributed by atoms with Gasteiger partial charge in [0.1, 0.15) is 0 Å². The first-order valence-corrected chi connectivity index (χ1v) is 9.70. The second kappa shape index (κ2) is 12.7. The standard InChI is InChI=1S/C21H33N5O2/c1-5-9-26(21(28)6-2)20(18(4)17-27)8-10-24-11-13-25(14-12-24)19(15-22)16-23-7-3/h5,8-9,15-17H,4,6-7,10-14,22H2,1-3H3/b9-5+,19-15+,20-8-,23-16?. The van der Waals surface area contributed by atoms with Crippen LogP contribution >= 0.6 is 0 Å². The molecule has 1 amide bonds. The molecule has 0 unspecified atom stereocenters. The average molecular weight is 388 g/mol. The Bertz CT molecular complexity index is 656. The predicted molar refractivity (Wildman–Crippen MR) is 115 cm³/mol. The number of aldehydes is 1. The molecule has 1 aliphatic heterocycles. The van der Waals surface area contributed by atoms with Crippen molar-refractivity contribution in [1.82, 2.24) is 14.7 Å². The lowest BCUT2D eigenvalue weighted by Gasteiger charge is -2.36. The normalized spacial score (nSPS) is 16.8. The zero-order chi connectivity index (χ0) is 20.9. The summed E-state index contributed by atoms with van der Waals surface area (Å²) in [5.74, 6) is -0.0786. The molecule has 2 N–H and O–H groups in total. The first-order chi connectivity index (χ1) is 13.5. The first-order valence-electron chi connectivity index (χ1n) is 9.70. The summed E-state index contributed by atoms with van der Waals surface area (Å²) in [6.45, 7) is 14.1. The number of piperazine rings is 1. The summed E-state index contributed by atoms with van der Waals surface area (Å²) < 4.78 is 0. The van der Waals surface area contributed by atoms with Crippen molar-refractivity contribution < 1.29 is 9.59 Å². The molecule has 1 heterocycles. The van der Waals surface area contributed by atoms with Crippen LogP contribution in [0.15, 0.2) is 53.1 Å². The molecule has 0 aromatic carbocycles. The first kappa shape index (κ1) is 23.4. The third-order valence-corrected chi connectivity index (χ3v) is 4.46. The third-order valence-electron chi connectivity index (χ3n) is 4.46. The average Bonchev–Trinajstić information content (AvgIpc) is 2.73. The molecule has 0 atom stereocenters. The number of aliphatic imine (C=N–C) groups is 1. The van der Waals surface area contributed by atoms with Crippen LogP contribution in [-0.4, -0.2) is 72.4 Å². The van der Waals surface area contributed by atoms with Gasteiger partial charge in [-0.05, 0) is 19.9 Å². The minimum Gasteiger partial charge on any atom is -0.403 e. The van der Waals surface area contributed by atoms with Crippen molar-refractivity contribution in [3.8, 4) is 0 Å². The van der Waals surface area contributed by atoms with Crippen LogP contribution < -0.4 is 5.73 Å². The van der Waals surface area contributed by atoms with Gasteiger partial charge in [0.15, 0.2) is 6.29 Å². The highest BCUT2D eigenvalue weighted by Gasteiger charge is 2.19. The minimum atomic E-state index is -0.0786. The van der Waals surface area contributed by atoms with Crippen LogP contribution in [0.25, 0.3) is 0 Å². The van der Waals surface area contributed by atoms with Crippen molar-refractivity contribution in [1.29, 1.82) is 0 Å². The molecule has 154 valence electrons. The van der Waals surface area contributed by atoms with Crippen LogP contribution in [0.1, 0.15) is 27.2 Å². The highest BCUT2D eigenvalue weighted by Crippen LogP contribution is 2.16. The van der Waals surface area contributed by atoms with Crippen molar-refractivity contribution in [2.24, 2.45) is 10.7 Å². The summed E-state index contributed by atoms with van der Waals surface area (Å²) >= 11 is 0. The van der Waals surface area contributed by atoms with Crippen molar-refractivity contribution in [3.63, 3.8) is 0 Å². The van der Waals surface area contributed by atoms with E-state index in [1.807, 2.05) is 26.1 Å². The van der Waals surface area contributed by atoms with Crippen LogP contribution in [0.2, 0.25) is 0 Å². The number of rotatable bonds is 10. The van der Waals surface area contributed by atoms with Crippen molar-refractivity contribution in [2.75, 3.05) is 39.3 Å². The van der Waals surface area contributed by atoms with Gasteiger partial charge < -0.3 is 10.6 Å². The molecule has 0 radical (unpaired) electrons. The highest BCUT2D eigenvalue weighted by atomic mass is 16.2. The van der Waals surface area contributed by atoms with E-state index in [0.717, 1.165) is 38.4 Å². The van der Waals surface area contributed by atoms with E-state index in [1.54, 1.807) is 25.4 Å². The quantitative estimate of drug-likeness (QED) is 0.268. The van der Waals surface area contributed by atoms with Gasteiger partial charge in [0, 0.05) is 69.9 Å². The highest BCUT2D eigenvalue weighted by molar-refractivity contribution is 5.86. The molecular weight excluding hydrogens is 354 g/mol. The molecular formula is C21H33N5O2. The summed E-state index contributed by atoms with van der Waals surface area (Å²) in [6.07, 6.45) is 9.79. The Labute approximate surface area is 168 Å². The lowest BCUT2D eigenvalue weighted by atomic mass is 10.1. The predicted octanol–water partition coefficient (Wildman–Crippen LogP) is 1.91. The largest absolute Gasteiger partial charge is 0.403 e. The maximum Gasteiger partial charge on any atom is 0.230 e. The molecule has 1 aliphatic rings. The van der Waals surface area contributed by atoms with Crippen LogP contribution in [0, 0.1) is 0 Å². The van der Waals surface area contributed by atoms with Crippen LogP contribution in [0.5, 0.6) is 0 Å². The summed E-state index contributed by atoms with van der Waals surface area (Å²) in [7, 11) is 0. The topological polar surface area (TPSA) is 82.2 Å². The summed E-state index contributed by atoms with van der Waals surface area (Å²) in [5.41, 5.74) is 7.49. The zero-order valence-electron chi connectivity index (χ0n) is 17.3. The van der Waals surface area contributed by atoms with E-state index in [1.165, 1.54) is 4.90 Å². The van der Waals surface area contributed by atoms with E-state index < -0.39 is 0 Å². The molecule has 0 aliphatic carbocycles. The number of hydrogen-bond acceptors (Lipinski definition) is 6. The molecule has 0 saturated carbocycles. The summed E-state index contributed by atoms with van der Waals surface area (Å²) in [4.78, 5) is 33.8. The molecule has 7 heteroatoms. The number of carbonyl (C=O) groups excluding carboxylic acids is 2. The Balaban J connectivity index is 2.83. The van der Waals surface area contributed by atoms with Gasteiger partial charge in [-0.2, -0.15) is 0 Å². The van der Waals surface area contributed by atoms with Gasteiger partial charge in [0.2, 0.25) is 5.91 Å². The van der Waals surface area contributed by atoms with Crippen molar-refractivity contribution in [2.45, 2.75) is 27.2 Å².